The summed E-state index contributed by atoms with van der Waals surface area (Å²) in [6, 6.07) is 6.79. The first-order valence-corrected chi connectivity index (χ1v) is 6.26. The molecular formula is C14H20N2O3. The van der Waals surface area contributed by atoms with Crippen molar-refractivity contribution in [1.82, 2.24) is 5.32 Å². The number of amides is 2. The van der Waals surface area contributed by atoms with Crippen LogP contribution in [0.1, 0.15) is 30.6 Å². The van der Waals surface area contributed by atoms with Crippen molar-refractivity contribution in [2.24, 2.45) is 0 Å². The molecule has 0 aliphatic rings. The molecule has 1 rings (SSSR count). The number of benzene rings is 1. The summed E-state index contributed by atoms with van der Waals surface area (Å²) in [4.78, 5) is 23.3. The summed E-state index contributed by atoms with van der Waals surface area (Å²) < 4.78 is 4.96. The number of hydrogen-bond donors (Lipinski definition) is 2. The van der Waals surface area contributed by atoms with Crippen molar-refractivity contribution in [2.75, 3.05) is 19.0 Å². The lowest BCUT2D eigenvalue weighted by Gasteiger charge is -2.13. The molecule has 0 aliphatic carbocycles. The van der Waals surface area contributed by atoms with Gasteiger partial charge in [-0.15, -0.1) is 0 Å². The second kappa shape index (κ2) is 7.53. The number of hydrogen-bond acceptors (Lipinski definition) is 3. The molecule has 5 heteroatoms. The normalized spacial score (nSPS) is 11.7. The molecule has 104 valence electrons. The number of carbonyl (C=O) groups is 2. The van der Waals surface area contributed by atoms with E-state index in [0.717, 1.165) is 0 Å². The van der Waals surface area contributed by atoms with Gasteiger partial charge in [0.05, 0.1) is 6.61 Å². The minimum absolute atomic E-state index is 0.0635. The van der Waals surface area contributed by atoms with Gasteiger partial charge in [-0.05, 0) is 25.1 Å². The van der Waals surface area contributed by atoms with E-state index in [1.807, 2.05) is 6.92 Å². The molecule has 1 atom stereocenters. The highest BCUT2D eigenvalue weighted by atomic mass is 16.5. The van der Waals surface area contributed by atoms with Gasteiger partial charge in [-0.3, -0.25) is 9.59 Å². The molecule has 2 N–H and O–H groups in total. The summed E-state index contributed by atoms with van der Waals surface area (Å²) in [5.41, 5.74) is 1.13. The van der Waals surface area contributed by atoms with Crippen LogP contribution in [0.5, 0.6) is 0 Å². The van der Waals surface area contributed by atoms with Gasteiger partial charge in [0.25, 0.3) is 5.91 Å². The van der Waals surface area contributed by atoms with E-state index < -0.39 is 0 Å². The molecule has 0 saturated carbocycles. The molecule has 1 unspecified atom stereocenters. The predicted molar refractivity (Wildman–Crippen MR) is 74.2 cm³/mol. The Morgan fingerprint density at radius 1 is 1.37 bits per heavy atom. The second-order valence-corrected chi connectivity index (χ2v) is 4.31. The van der Waals surface area contributed by atoms with Crippen LogP contribution in [-0.2, 0) is 9.53 Å². The van der Waals surface area contributed by atoms with E-state index in [4.69, 9.17) is 4.74 Å². The standard InChI is InChI=1S/C14H20N2O3/c1-4-13(17)16-12-7-5-6-11(8-12)14(18)15-10(2)9-19-3/h5-8,10H,4,9H2,1-3H3,(H,15,18)(H,16,17). The van der Waals surface area contributed by atoms with Gasteiger partial charge in [0, 0.05) is 30.8 Å². The SMILES string of the molecule is CCC(=O)Nc1cccc(C(=O)NC(C)COC)c1. The van der Waals surface area contributed by atoms with Crippen LogP contribution in [0.15, 0.2) is 24.3 Å². The van der Waals surface area contributed by atoms with Gasteiger partial charge in [0.1, 0.15) is 0 Å². The molecule has 1 aromatic carbocycles. The van der Waals surface area contributed by atoms with E-state index in [1.165, 1.54) is 0 Å². The maximum atomic E-state index is 12.0. The van der Waals surface area contributed by atoms with Crippen molar-refractivity contribution in [3.63, 3.8) is 0 Å². The molecule has 0 saturated heterocycles. The Kier molecular flexibility index (Phi) is 6.02. The van der Waals surface area contributed by atoms with E-state index in [1.54, 1.807) is 38.3 Å². The van der Waals surface area contributed by atoms with Crippen molar-refractivity contribution in [2.45, 2.75) is 26.3 Å². The summed E-state index contributed by atoms with van der Waals surface area (Å²) in [5, 5.41) is 5.54. The van der Waals surface area contributed by atoms with Crippen LogP contribution in [0.4, 0.5) is 5.69 Å². The topological polar surface area (TPSA) is 67.4 Å². The molecule has 0 aromatic heterocycles. The fourth-order valence-electron chi connectivity index (χ4n) is 1.59. The Hall–Kier alpha value is -1.88. The lowest BCUT2D eigenvalue weighted by Crippen LogP contribution is -2.35. The number of ether oxygens (including phenoxy) is 1. The minimum atomic E-state index is -0.183. The number of rotatable bonds is 6. The van der Waals surface area contributed by atoms with Gasteiger partial charge in [-0.25, -0.2) is 0 Å². The second-order valence-electron chi connectivity index (χ2n) is 4.31. The molecule has 5 nitrogen and oxygen atoms in total. The molecule has 0 spiro atoms. The quantitative estimate of drug-likeness (QED) is 0.823. The highest BCUT2D eigenvalue weighted by Gasteiger charge is 2.10. The number of anilines is 1. The first-order chi connectivity index (χ1) is 9.06. The number of methoxy groups -OCH3 is 1. The molecular weight excluding hydrogens is 244 g/mol. The Morgan fingerprint density at radius 3 is 2.74 bits per heavy atom. The molecule has 0 heterocycles. The van der Waals surface area contributed by atoms with Gasteiger partial charge in [0.2, 0.25) is 5.91 Å². The van der Waals surface area contributed by atoms with Crippen LogP contribution < -0.4 is 10.6 Å². The minimum Gasteiger partial charge on any atom is -0.383 e. The first kappa shape index (κ1) is 15.2. The Labute approximate surface area is 113 Å². The van der Waals surface area contributed by atoms with E-state index in [-0.39, 0.29) is 17.9 Å². The van der Waals surface area contributed by atoms with Gasteiger partial charge in [-0.1, -0.05) is 13.0 Å². The monoisotopic (exact) mass is 264 g/mol. The predicted octanol–water partition coefficient (Wildman–Crippen LogP) is 1.80. The molecule has 0 radical (unpaired) electrons. The van der Waals surface area contributed by atoms with Crippen molar-refractivity contribution in [3.8, 4) is 0 Å². The fourth-order valence-corrected chi connectivity index (χ4v) is 1.59. The highest BCUT2D eigenvalue weighted by Crippen LogP contribution is 2.11. The third kappa shape index (κ3) is 5.09. The van der Waals surface area contributed by atoms with Crippen LogP contribution in [0.25, 0.3) is 0 Å². The summed E-state index contributed by atoms with van der Waals surface area (Å²) in [7, 11) is 1.59. The van der Waals surface area contributed by atoms with Crippen molar-refractivity contribution in [3.05, 3.63) is 29.8 Å². The molecule has 2 amide bonds. The van der Waals surface area contributed by atoms with Gasteiger partial charge in [0.15, 0.2) is 0 Å². The van der Waals surface area contributed by atoms with E-state index in [0.29, 0.717) is 24.3 Å². The van der Waals surface area contributed by atoms with Crippen molar-refractivity contribution < 1.29 is 14.3 Å². The Bertz CT molecular complexity index is 446. The van der Waals surface area contributed by atoms with Gasteiger partial charge in [-0.2, -0.15) is 0 Å². The van der Waals surface area contributed by atoms with E-state index in [9.17, 15) is 9.59 Å². The van der Waals surface area contributed by atoms with Crippen LogP contribution in [0, 0.1) is 0 Å². The smallest absolute Gasteiger partial charge is 0.251 e. The first-order valence-electron chi connectivity index (χ1n) is 6.26. The zero-order valence-corrected chi connectivity index (χ0v) is 11.5. The molecule has 0 fully saturated rings. The lowest BCUT2D eigenvalue weighted by molar-refractivity contribution is -0.115. The van der Waals surface area contributed by atoms with Gasteiger partial charge < -0.3 is 15.4 Å². The van der Waals surface area contributed by atoms with Crippen LogP contribution >= 0.6 is 0 Å². The zero-order valence-electron chi connectivity index (χ0n) is 11.5. The summed E-state index contributed by atoms with van der Waals surface area (Å²) in [6.45, 7) is 4.10. The third-order valence-corrected chi connectivity index (χ3v) is 2.52. The molecule has 0 aliphatic heterocycles. The van der Waals surface area contributed by atoms with Crippen LogP contribution in [-0.4, -0.2) is 31.6 Å². The van der Waals surface area contributed by atoms with Gasteiger partial charge >= 0.3 is 0 Å². The fraction of sp³-hybridized carbons (Fsp3) is 0.429. The lowest BCUT2D eigenvalue weighted by atomic mass is 10.1. The largest absolute Gasteiger partial charge is 0.383 e. The maximum Gasteiger partial charge on any atom is 0.251 e. The zero-order chi connectivity index (χ0) is 14.3. The Morgan fingerprint density at radius 2 is 2.11 bits per heavy atom. The average molecular weight is 264 g/mol. The average Bonchev–Trinajstić information content (AvgIpc) is 2.39. The number of carbonyl (C=O) groups excluding carboxylic acids is 2. The van der Waals surface area contributed by atoms with Crippen molar-refractivity contribution in [1.29, 1.82) is 0 Å². The summed E-state index contributed by atoms with van der Waals surface area (Å²) in [6.07, 6.45) is 0.404. The molecule has 0 bridgehead atoms. The number of nitrogens with one attached hydrogen (secondary N) is 2. The summed E-state index contributed by atoms with van der Waals surface area (Å²) in [5.74, 6) is -0.262. The van der Waals surface area contributed by atoms with Crippen LogP contribution in [0.2, 0.25) is 0 Å². The molecule has 1 aromatic rings. The van der Waals surface area contributed by atoms with Crippen LogP contribution in [0.3, 0.4) is 0 Å². The summed E-state index contributed by atoms with van der Waals surface area (Å²) >= 11 is 0. The Balaban J connectivity index is 2.70. The van der Waals surface area contributed by atoms with Crippen molar-refractivity contribution >= 4 is 17.5 Å². The maximum absolute atomic E-state index is 12.0. The van der Waals surface area contributed by atoms with E-state index >= 15 is 0 Å². The third-order valence-electron chi connectivity index (χ3n) is 2.52. The van der Waals surface area contributed by atoms with E-state index in [2.05, 4.69) is 10.6 Å². The highest BCUT2D eigenvalue weighted by molar-refractivity contribution is 5.97. The molecule has 19 heavy (non-hydrogen) atoms.